The molecular formula is C6H11O3SSi. The fourth-order valence-corrected chi connectivity index (χ4v) is 1.88. The lowest BCUT2D eigenvalue weighted by Gasteiger charge is -2.06. The topological polar surface area (TPSA) is 35.5 Å². The first kappa shape index (κ1) is 10.8. The molecule has 0 aliphatic heterocycles. The van der Waals surface area contributed by atoms with E-state index in [4.69, 9.17) is 8.85 Å². The molecule has 0 amide bonds. The molecule has 11 heavy (non-hydrogen) atoms. The van der Waals surface area contributed by atoms with Crippen LogP contribution >= 0.6 is 0 Å². The zero-order chi connectivity index (χ0) is 8.53. The summed E-state index contributed by atoms with van der Waals surface area (Å²) in [6.45, 7) is 5.00. The molecule has 1 radical (unpaired) electrons. The first-order valence-corrected chi connectivity index (χ1v) is 5.48. The van der Waals surface area contributed by atoms with Crippen LogP contribution in [-0.4, -0.2) is 31.7 Å². The van der Waals surface area contributed by atoms with E-state index in [0.717, 1.165) is 0 Å². The largest absolute Gasteiger partial charge is 0.425 e. The van der Waals surface area contributed by atoms with Crippen LogP contribution in [0.2, 0.25) is 0 Å². The van der Waals surface area contributed by atoms with E-state index in [2.05, 4.69) is 5.02 Å². The smallest absolute Gasteiger partial charge is 0.390 e. The summed E-state index contributed by atoms with van der Waals surface area (Å²) >= 11 is 0.292. The summed E-state index contributed by atoms with van der Waals surface area (Å²) < 4.78 is 20.3. The van der Waals surface area contributed by atoms with Crippen molar-refractivity contribution < 1.29 is 13.1 Å². The Morgan fingerprint density at radius 1 is 1.45 bits per heavy atom. The molecule has 0 atom stereocenters. The summed E-state index contributed by atoms with van der Waals surface area (Å²) in [7, 11) is -1.37. The van der Waals surface area contributed by atoms with E-state index in [1.807, 2.05) is 13.8 Å². The average molecular weight is 191 g/mol. The molecule has 5 heteroatoms. The van der Waals surface area contributed by atoms with Crippen LogP contribution < -0.4 is 0 Å². The zero-order valence-electron chi connectivity index (χ0n) is 6.62. The standard InChI is InChI=1S/C6H11O3SSi/c1-3-8-11(9-4-2)6-5-10-7/h6H,3-4H2,1-2H3. The molecular weight excluding hydrogens is 180 g/mol. The fourth-order valence-electron chi connectivity index (χ4n) is 0.482. The molecule has 0 aromatic carbocycles. The molecule has 0 saturated heterocycles. The maximum atomic E-state index is 9.92. The Kier molecular flexibility index (Phi) is 7.77. The van der Waals surface area contributed by atoms with Crippen LogP contribution in [0.3, 0.4) is 0 Å². The highest BCUT2D eigenvalue weighted by molar-refractivity contribution is 7.64. The van der Waals surface area contributed by atoms with Gasteiger partial charge in [0.1, 0.15) is 11.3 Å². The lowest BCUT2D eigenvalue weighted by molar-refractivity contribution is 0.224. The van der Waals surface area contributed by atoms with Gasteiger partial charge in [0.15, 0.2) is 0 Å². The van der Waals surface area contributed by atoms with Gasteiger partial charge in [0.2, 0.25) is 0 Å². The molecule has 0 aliphatic carbocycles. The number of rotatable bonds is 5. The molecule has 0 unspecified atom stereocenters. The monoisotopic (exact) mass is 191 g/mol. The molecule has 0 heterocycles. The lowest BCUT2D eigenvalue weighted by Crippen LogP contribution is -2.20. The normalized spacial score (nSPS) is 9.36. The van der Waals surface area contributed by atoms with Crippen molar-refractivity contribution in [2.45, 2.75) is 13.8 Å². The van der Waals surface area contributed by atoms with Crippen molar-refractivity contribution in [1.29, 1.82) is 0 Å². The molecule has 0 aromatic rings. The third-order valence-electron chi connectivity index (χ3n) is 0.798. The van der Waals surface area contributed by atoms with E-state index in [-0.39, 0.29) is 0 Å². The van der Waals surface area contributed by atoms with Crippen molar-refractivity contribution in [1.82, 2.24) is 0 Å². The molecule has 0 fully saturated rings. The summed E-state index contributed by atoms with van der Waals surface area (Å²) in [6.07, 6.45) is 0. The third kappa shape index (κ3) is 6.21. The van der Waals surface area contributed by atoms with Crippen LogP contribution in [0.25, 0.3) is 0 Å². The summed E-state index contributed by atoms with van der Waals surface area (Å²) in [5.41, 5.74) is 1.58. The van der Waals surface area contributed by atoms with Crippen LogP contribution in [0.1, 0.15) is 13.8 Å². The highest BCUT2D eigenvalue weighted by atomic mass is 32.1. The summed E-state index contributed by atoms with van der Waals surface area (Å²) in [4.78, 5) is 0. The predicted octanol–water partition coefficient (Wildman–Crippen LogP) is 0.257. The van der Waals surface area contributed by atoms with E-state index >= 15 is 0 Å². The first-order valence-electron chi connectivity index (χ1n) is 3.35. The average Bonchev–Trinajstić information content (AvgIpc) is 2.01. The van der Waals surface area contributed by atoms with Gasteiger partial charge in [0.05, 0.1) is 0 Å². The van der Waals surface area contributed by atoms with Gasteiger partial charge in [0.25, 0.3) is 0 Å². The fraction of sp³-hybridized carbons (Fsp3) is 0.667. The molecule has 3 nitrogen and oxygen atoms in total. The zero-order valence-corrected chi connectivity index (χ0v) is 8.44. The summed E-state index contributed by atoms with van der Waals surface area (Å²) in [5, 5.41) is 2.45. The SMILES string of the molecule is CCO[Si](C=C=S=O)OCC. The van der Waals surface area contributed by atoms with Gasteiger partial charge in [-0.1, -0.05) is 0 Å². The Bertz CT molecular complexity index is 167. The molecule has 0 aliphatic rings. The van der Waals surface area contributed by atoms with Gasteiger partial charge in [-0.05, 0) is 18.9 Å². The second kappa shape index (κ2) is 7.91. The first-order chi connectivity index (χ1) is 5.35. The Balaban J connectivity index is 3.87. The number of hydrogen-bond donors (Lipinski definition) is 0. The van der Waals surface area contributed by atoms with Gasteiger partial charge in [-0.3, -0.25) is 0 Å². The highest BCUT2D eigenvalue weighted by Crippen LogP contribution is 1.88. The van der Waals surface area contributed by atoms with Gasteiger partial charge >= 0.3 is 9.28 Å². The van der Waals surface area contributed by atoms with E-state index in [0.29, 0.717) is 24.5 Å². The van der Waals surface area contributed by atoms with Gasteiger partial charge in [-0.2, -0.15) is 0 Å². The van der Waals surface area contributed by atoms with E-state index in [1.54, 1.807) is 5.70 Å². The summed E-state index contributed by atoms with van der Waals surface area (Å²) in [5.74, 6) is 0. The van der Waals surface area contributed by atoms with Gasteiger partial charge in [-0.25, -0.2) is 4.21 Å². The molecule has 0 rings (SSSR count). The van der Waals surface area contributed by atoms with E-state index < -0.39 is 9.28 Å². The lowest BCUT2D eigenvalue weighted by atomic mass is 10.9. The minimum absolute atomic E-state index is 0.292. The molecule has 0 N–H and O–H groups in total. The quantitative estimate of drug-likeness (QED) is 0.462. The van der Waals surface area contributed by atoms with Crippen molar-refractivity contribution in [3.63, 3.8) is 0 Å². The van der Waals surface area contributed by atoms with Gasteiger partial charge in [-0.15, -0.1) is 0 Å². The molecule has 0 aromatic heterocycles. The predicted molar refractivity (Wildman–Crippen MR) is 46.7 cm³/mol. The molecule has 0 bridgehead atoms. The minimum Gasteiger partial charge on any atom is -0.390 e. The van der Waals surface area contributed by atoms with Crippen molar-refractivity contribution in [3.05, 3.63) is 5.70 Å². The second-order valence-corrected chi connectivity index (χ2v) is 3.44. The molecule has 0 saturated carbocycles. The summed E-state index contributed by atoms with van der Waals surface area (Å²) in [6, 6.07) is 0. The maximum Gasteiger partial charge on any atom is 0.425 e. The van der Waals surface area contributed by atoms with Crippen LogP contribution in [0.4, 0.5) is 0 Å². The van der Waals surface area contributed by atoms with Crippen molar-refractivity contribution >= 4 is 25.6 Å². The van der Waals surface area contributed by atoms with Gasteiger partial charge in [0, 0.05) is 18.9 Å². The third-order valence-corrected chi connectivity index (χ3v) is 2.75. The Morgan fingerprint density at radius 3 is 2.36 bits per heavy atom. The molecule has 63 valence electrons. The van der Waals surface area contributed by atoms with Crippen LogP contribution in [-0.2, 0) is 20.1 Å². The Morgan fingerprint density at radius 2 is 2.00 bits per heavy atom. The van der Waals surface area contributed by atoms with Crippen LogP contribution in [0, 0.1) is 0 Å². The van der Waals surface area contributed by atoms with Crippen LogP contribution in [0.15, 0.2) is 5.70 Å². The molecule has 0 spiro atoms. The van der Waals surface area contributed by atoms with Crippen molar-refractivity contribution in [2.24, 2.45) is 0 Å². The highest BCUT2D eigenvalue weighted by Gasteiger charge is 2.08. The Hall–Kier alpha value is -0.193. The van der Waals surface area contributed by atoms with Crippen molar-refractivity contribution in [2.75, 3.05) is 13.2 Å². The van der Waals surface area contributed by atoms with E-state index in [9.17, 15) is 4.21 Å². The van der Waals surface area contributed by atoms with Crippen molar-refractivity contribution in [3.8, 4) is 0 Å². The minimum atomic E-state index is -1.37. The second-order valence-electron chi connectivity index (χ2n) is 1.53. The number of hydrogen-bond acceptors (Lipinski definition) is 3. The van der Waals surface area contributed by atoms with E-state index in [1.165, 1.54) is 0 Å². The van der Waals surface area contributed by atoms with Crippen LogP contribution in [0.5, 0.6) is 0 Å². The Labute approximate surface area is 71.9 Å². The van der Waals surface area contributed by atoms with Gasteiger partial charge < -0.3 is 8.85 Å². The maximum absolute atomic E-state index is 9.92.